The zero-order chi connectivity index (χ0) is 18.4. The van der Waals surface area contributed by atoms with Crippen LogP contribution in [0.1, 0.15) is 19.8 Å². The van der Waals surface area contributed by atoms with Gasteiger partial charge in [0.2, 0.25) is 5.91 Å². The molecule has 1 unspecified atom stereocenters. The predicted octanol–water partition coefficient (Wildman–Crippen LogP) is 2.83. The molecule has 2 heterocycles. The Morgan fingerprint density at radius 1 is 1.19 bits per heavy atom. The number of benzene rings is 1. The minimum absolute atomic E-state index is 0.150. The molecular weight excluding hydrogens is 330 g/mol. The van der Waals surface area contributed by atoms with E-state index in [1.165, 1.54) is 0 Å². The molecule has 3 amide bonds. The van der Waals surface area contributed by atoms with Crippen molar-refractivity contribution in [2.45, 2.75) is 25.8 Å². The summed E-state index contributed by atoms with van der Waals surface area (Å²) in [5.74, 6) is 0.150. The number of carbonyl (C=O) groups is 2. The second-order valence-corrected chi connectivity index (χ2v) is 6.25. The zero-order valence-electron chi connectivity index (χ0n) is 14.7. The number of anilines is 3. The summed E-state index contributed by atoms with van der Waals surface area (Å²) in [6.45, 7) is 3.13. The van der Waals surface area contributed by atoms with E-state index < -0.39 is 0 Å². The third-order valence-electron chi connectivity index (χ3n) is 4.29. The highest BCUT2D eigenvalue weighted by molar-refractivity contribution is 5.96. The monoisotopic (exact) mass is 353 g/mol. The SMILES string of the molecule is CC1CCC(=O)N1c1ccc(NC(=O)NCCNc2cccnc2)cc1. The van der Waals surface area contributed by atoms with Gasteiger partial charge in [-0.1, -0.05) is 0 Å². The summed E-state index contributed by atoms with van der Waals surface area (Å²) in [7, 11) is 0. The molecule has 1 aliphatic heterocycles. The van der Waals surface area contributed by atoms with Crippen LogP contribution in [0, 0.1) is 0 Å². The number of urea groups is 1. The van der Waals surface area contributed by atoms with E-state index >= 15 is 0 Å². The molecular formula is C19H23N5O2. The summed E-state index contributed by atoms with van der Waals surface area (Å²) in [5.41, 5.74) is 2.47. The molecule has 3 N–H and O–H groups in total. The van der Waals surface area contributed by atoms with E-state index in [1.54, 1.807) is 24.5 Å². The van der Waals surface area contributed by atoms with E-state index in [2.05, 4.69) is 20.9 Å². The van der Waals surface area contributed by atoms with Crippen LogP contribution in [0.5, 0.6) is 0 Å². The molecule has 2 aromatic rings. The lowest BCUT2D eigenvalue weighted by Gasteiger charge is -2.22. The van der Waals surface area contributed by atoms with Crippen LogP contribution in [0.3, 0.4) is 0 Å². The molecule has 1 atom stereocenters. The average molecular weight is 353 g/mol. The molecule has 3 rings (SSSR count). The third-order valence-corrected chi connectivity index (χ3v) is 4.29. The topological polar surface area (TPSA) is 86.4 Å². The van der Waals surface area contributed by atoms with Gasteiger partial charge in [0.25, 0.3) is 0 Å². The first-order valence-corrected chi connectivity index (χ1v) is 8.74. The van der Waals surface area contributed by atoms with E-state index in [4.69, 9.17) is 0 Å². The Labute approximate surface area is 152 Å². The fourth-order valence-electron chi connectivity index (χ4n) is 2.96. The molecule has 0 bridgehead atoms. The highest BCUT2D eigenvalue weighted by atomic mass is 16.2. The minimum atomic E-state index is -0.267. The van der Waals surface area contributed by atoms with Gasteiger partial charge in [0.1, 0.15) is 0 Å². The van der Waals surface area contributed by atoms with Crippen molar-refractivity contribution in [1.82, 2.24) is 10.3 Å². The van der Waals surface area contributed by atoms with Crippen molar-refractivity contribution >= 4 is 29.0 Å². The van der Waals surface area contributed by atoms with Gasteiger partial charge in [-0.05, 0) is 49.7 Å². The summed E-state index contributed by atoms with van der Waals surface area (Å²) in [5, 5.41) is 8.74. The van der Waals surface area contributed by atoms with Crippen molar-refractivity contribution in [3.05, 3.63) is 48.8 Å². The number of pyridine rings is 1. The van der Waals surface area contributed by atoms with Crippen molar-refractivity contribution in [2.75, 3.05) is 28.6 Å². The van der Waals surface area contributed by atoms with E-state index in [1.807, 2.05) is 36.1 Å². The van der Waals surface area contributed by atoms with Gasteiger partial charge in [-0.15, -0.1) is 0 Å². The van der Waals surface area contributed by atoms with Crippen LogP contribution in [0.15, 0.2) is 48.8 Å². The molecule has 7 heteroatoms. The summed E-state index contributed by atoms with van der Waals surface area (Å²) in [6, 6.07) is 11.1. The lowest BCUT2D eigenvalue weighted by molar-refractivity contribution is -0.117. The quantitative estimate of drug-likeness (QED) is 0.697. The average Bonchev–Trinajstić information content (AvgIpc) is 2.99. The molecule has 0 spiro atoms. The molecule has 0 aliphatic carbocycles. The Morgan fingerprint density at radius 2 is 2.00 bits per heavy atom. The minimum Gasteiger partial charge on any atom is -0.382 e. The van der Waals surface area contributed by atoms with Crippen LogP contribution in [0.4, 0.5) is 21.9 Å². The molecule has 1 aromatic heterocycles. The van der Waals surface area contributed by atoms with E-state index in [-0.39, 0.29) is 18.0 Å². The molecule has 1 fully saturated rings. The Morgan fingerprint density at radius 3 is 2.65 bits per heavy atom. The number of nitrogens with zero attached hydrogens (tertiary/aromatic N) is 2. The fourth-order valence-corrected chi connectivity index (χ4v) is 2.96. The van der Waals surface area contributed by atoms with Gasteiger partial charge >= 0.3 is 6.03 Å². The van der Waals surface area contributed by atoms with Gasteiger partial charge in [-0.25, -0.2) is 4.79 Å². The lowest BCUT2D eigenvalue weighted by atomic mass is 10.2. The molecule has 1 aliphatic rings. The summed E-state index contributed by atoms with van der Waals surface area (Å²) >= 11 is 0. The van der Waals surface area contributed by atoms with Gasteiger partial charge < -0.3 is 20.9 Å². The Hall–Kier alpha value is -3.09. The molecule has 0 saturated carbocycles. The molecule has 1 aromatic carbocycles. The number of carbonyl (C=O) groups excluding carboxylic acids is 2. The molecule has 1 saturated heterocycles. The zero-order valence-corrected chi connectivity index (χ0v) is 14.7. The summed E-state index contributed by atoms with van der Waals surface area (Å²) in [4.78, 5) is 29.7. The smallest absolute Gasteiger partial charge is 0.319 e. The van der Waals surface area contributed by atoms with E-state index in [0.717, 1.165) is 17.8 Å². The fraction of sp³-hybridized carbons (Fsp3) is 0.316. The van der Waals surface area contributed by atoms with Gasteiger partial charge in [0, 0.05) is 49.3 Å². The maximum atomic E-state index is 11.9. The molecule has 0 radical (unpaired) electrons. The summed E-state index contributed by atoms with van der Waals surface area (Å²) < 4.78 is 0. The number of rotatable bonds is 6. The standard InChI is InChI=1S/C19H23N5O2/c1-14-4-9-18(25)24(14)17-7-5-15(6-8-17)23-19(26)22-12-11-21-16-3-2-10-20-13-16/h2-3,5-8,10,13-14,21H,4,9,11-12H2,1H3,(H2,22,23,26). The number of hydrogen-bond donors (Lipinski definition) is 3. The number of hydrogen-bond acceptors (Lipinski definition) is 4. The van der Waals surface area contributed by atoms with Crippen LogP contribution in [-0.4, -0.2) is 36.1 Å². The predicted molar refractivity (Wildman–Crippen MR) is 102 cm³/mol. The Bertz CT molecular complexity index is 748. The first-order chi connectivity index (χ1) is 12.6. The maximum Gasteiger partial charge on any atom is 0.319 e. The van der Waals surface area contributed by atoms with Crippen LogP contribution >= 0.6 is 0 Å². The maximum absolute atomic E-state index is 11.9. The van der Waals surface area contributed by atoms with Crippen molar-refractivity contribution in [3.8, 4) is 0 Å². The van der Waals surface area contributed by atoms with E-state index in [0.29, 0.717) is 25.2 Å². The Balaban J connectivity index is 1.43. The molecule has 26 heavy (non-hydrogen) atoms. The highest BCUT2D eigenvalue weighted by Crippen LogP contribution is 2.27. The number of aromatic nitrogens is 1. The van der Waals surface area contributed by atoms with Gasteiger partial charge in [0.15, 0.2) is 0 Å². The molecule has 7 nitrogen and oxygen atoms in total. The highest BCUT2D eigenvalue weighted by Gasteiger charge is 2.28. The van der Waals surface area contributed by atoms with Gasteiger partial charge in [0.05, 0.1) is 5.69 Å². The normalized spacial score (nSPS) is 16.4. The van der Waals surface area contributed by atoms with Crippen molar-refractivity contribution in [2.24, 2.45) is 0 Å². The second kappa shape index (κ2) is 8.33. The lowest BCUT2D eigenvalue weighted by Crippen LogP contribution is -2.32. The Kier molecular flexibility index (Phi) is 5.68. The number of nitrogens with one attached hydrogen (secondary N) is 3. The largest absolute Gasteiger partial charge is 0.382 e. The van der Waals surface area contributed by atoms with Crippen molar-refractivity contribution in [1.29, 1.82) is 0 Å². The number of amides is 3. The second-order valence-electron chi connectivity index (χ2n) is 6.25. The molecule has 136 valence electrons. The first-order valence-electron chi connectivity index (χ1n) is 8.74. The first kappa shape index (κ1) is 17.7. The van der Waals surface area contributed by atoms with Crippen molar-refractivity contribution in [3.63, 3.8) is 0 Å². The van der Waals surface area contributed by atoms with Crippen LogP contribution < -0.4 is 20.9 Å². The third kappa shape index (κ3) is 4.50. The van der Waals surface area contributed by atoms with Gasteiger partial charge in [-0.2, -0.15) is 0 Å². The van der Waals surface area contributed by atoms with Crippen molar-refractivity contribution < 1.29 is 9.59 Å². The summed E-state index contributed by atoms with van der Waals surface area (Å²) in [6.07, 6.45) is 4.92. The van der Waals surface area contributed by atoms with E-state index in [9.17, 15) is 9.59 Å². The van der Waals surface area contributed by atoms with Crippen LogP contribution in [0.2, 0.25) is 0 Å². The van der Waals surface area contributed by atoms with Crippen LogP contribution in [0.25, 0.3) is 0 Å². The van der Waals surface area contributed by atoms with Crippen LogP contribution in [-0.2, 0) is 4.79 Å². The van der Waals surface area contributed by atoms with Gasteiger partial charge in [-0.3, -0.25) is 9.78 Å².